The van der Waals surface area contributed by atoms with Crippen LogP contribution in [0.5, 0.6) is 0 Å². The van der Waals surface area contributed by atoms with Crippen molar-refractivity contribution >= 4 is 5.97 Å². The zero-order chi connectivity index (χ0) is 12.7. The minimum absolute atomic E-state index is 0.211. The fraction of sp³-hybridized carbons (Fsp3) is 0.462. The summed E-state index contributed by atoms with van der Waals surface area (Å²) >= 11 is 0. The molecule has 0 radical (unpaired) electrons. The molecule has 2 N–H and O–H groups in total. The summed E-state index contributed by atoms with van der Waals surface area (Å²) in [5.41, 5.74) is 7.97. The van der Waals surface area contributed by atoms with E-state index in [1.807, 2.05) is 36.1 Å². The van der Waals surface area contributed by atoms with Gasteiger partial charge in [0.05, 0.1) is 13.7 Å². The van der Waals surface area contributed by atoms with Gasteiger partial charge in [-0.05, 0) is 17.7 Å². The molecular weight excluding hydrogens is 216 g/mol. The lowest BCUT2D eigenvalue weighted by Crippen LogP contribution is -2.30. The summed E-state index contributed by atoms with van der Waals surface area (Å²) in [7, 11) is 1.41. The van der Waals surface area contributed by atoms with Gasteiger partial charge in [-0.15, -0.1) is 0 Å². The number of hydrogen-bond acceptors (Lipinski definition) is 4. The van der Waals surface area contributed by atoms with Gasteiger partial charge in [0.1, 0.15) is 0 Å². The summed E-state index contributed by atoms with van der Waals surface area (Å²) in [4.78, 5) is 13.3. The highest BCUT2D eigenvalue weighted by Crippen LogP contribution is 2.11. The van der Waals surface area contributed by atoms with Crippen molar-refractivity contribution in [2.75, 3.05) is 20.2 Å². The Morgan fingerprint density at radius 1 is 1.35 bits per heavy atom. The highest BCUT2D eigenvalue weighted by molar-refractivity contribution is 5.71. The molecule has 1 aromatic carbocycles. The molecule has 1 rings (SSSR count). The molecule has 4 heteroatoms. The van der Waals surface area contributed by atoms with Crippen LogP contribution in [-0.4, -0.2) is 31.1 Å². The summed E-state index contributed by atoms with van der Waals surface area (Å²) in [6.45, 7) is 4.37. The molecule has 0 spiro atoms. The quantitative estimate of drug-likeness (QED) is 0.753. The molecular formula is C13H20N2O2. The predicted octanol–water partition coefficient (Wildman–Crippen LogP) is 1.14. The first-order chi connectivity index (χ1) is 8.21. The smallest absolute Gasteiger partial charge is 0.319 e. The first kappa shape index (κ1) is 13.7. The van der Waals surface area contributed by atoms with Crippen LogP contribution >= 0.6 is 0 Å². The van der Waals surface area contributed by atoms with E-state index in [1.54, 1.807) is 0 Å². The van der Waals surface area contributed by atoms with Crippen molar-refractivity contribution in [3.05, 3.63) is 35.4 Å². The summed E-state index contributed by atoms with van der Waals surface area (Å²) in [5, 5.41) is 0. The van der Waals surface area contributed by atoms with Gasteiger partial charge in [0.25, 0.3) is 0 Å². The minimum Gasteiger partial charge on any atom is -0.468 e. The van der Waals surface area contributed by atoms with Crippen molar-refractivity contribution in [1.82, 2.24) is 4.90 Å². The van der Waals surface area contributed by atoms with Crippen molar-refractivity contribution in [3.63, 3.8) is 0 Å². The number of carbonyl (C=O) groups excluding carboxylic acids is 1. The van der Waals surface area contributed by atoms with E-state index in [-0.39, 0.29) is 5.97 Å². The van der Waals surface area contributed by atoms with Crippen LogP contribution < -0.4 is 5.73 Å². The molecule has 17 heavy (non-hydrogen) atoms. The third kappa shape index (κ3) is 4.17. The van der Waals surface area contributed by atoms with E-state index in [4.69, 9.17) is 5.73 Å². The van der Waals surface area contributed by atoms with Gasteiger partial charge < -0.3 is 10.5 Å². The third-order valence-corrected chi connectivity index (χ3v) is 2.76. The van der Waals surface area contributed by atoms with Gasteiger partial charge in [-0.1, -0.05) is 31.2 Å². The number of nitrogens with two attached hydrogens (primary N) is 1. The number of esters is 1. The summed E-state index contributed by atoms with van der Waals surface area (Å²) in [5.74, 6) is -0.211. The van der Waals surface area contributed by atoms with Crippen molar-refractivity contribution in [3.8, 4) is 0 Å². The first-order valence-electron chi connectivity index (χ1n) is 5.77. The zero-order valence-corrected chi connectivity index (χ0v) is 10.5. The highest BCUT2D eigenvalue weighted by Gasteiger charge is 2.11. The fourth-order valence-corrected chi connectivity index (χ4v) is 1.68. The Morgan fingerprint density at radius 3 is 2.53 bits per heavy atom. The van der Waals surface area contributed by atoms with E-state index in [0.717, 1.165) is 18.7 Å². The number of methoxy groups -OCH3 is 1. The van der Waals surface area contributed by atoms with E-state index in [0.29, 0.717) is 13.1 Å². The molecule has 0 atom stereocenters. The van der Waals surface area contributed by atoms with Gasteiger partial charge in [0.2, 0.25) is 0 Å². The van der Waals surface area contributed by atoms with Gasteiger partial charge in [-0.25, -0.2) is 0 Å². The Morgan fingerprint density at radius 2 is 2.00 bits per heavy atom. The lowest BCUT2D eigenvalue weighted by atomic mass is 10.1. The summed E-state index contributed by atoms with van der Waals surface area (Å²) < 4.78 is 4.67. The maximum Gasteiger partial charge on any atom is 0.319 e. The van der Waals surface area contributed by atoms with Crippen LogP contribution in [0.15, 0.2) is 24.3 Å². The van der Waals surface area contributed by atoms with Gasteiger partial charge >= 0.3 is 5.97 Å². The Labute approximate surface area is 102 Å². The third-order valence-electron chi connectivity index (χ3n) is 2.76. The topological polar surface area (TPSA) is 55.6 Å². The molecule has 0 aliphatic rings. The molecule has 0 heterocycles. The van der Waals surface area contributed by atoms with Crippen molar-refractivity contribution in [2.45, 2.75) is 20.0 Å². The van der Waals surface area contributed by atoms with E-state index >= 15 is 0 Å². The van der Waals surface area contributed by atoms with Gasteiger partial charge in [0, 0.05) is 13.1 Å². The zero-order valence-electron chi connectivity index (χ0n) is 10.5. The molecule has 4 nitrogen and oxygen atoms in total. The number of nitrogens with zero attached hydrogens (tertiary/aromatic N) is 1. The highest BCUT2D eigenvalue weighted by atomic mass is 16.5. The molecule has 0 saturated heterocycles. The molecule has 0 amide bonds. The van der Waals surface area contributed by atoms with E-state index in [2.05, 4.69) is 4.74 Å². The average Bonchev–Trinajstić information content (AvgIpc) is 2.38. The molecule has 94 valence electrons. The Hall–Kier alpha value is -1.39. The van der Waals surface area contributed by atoms with Crippen LogP contribution in [0.4, 0.5) is 0 Å². The molecule has 0 unspecified atom stereocenters. The molecule has 1 aromatic rings. The maximum absolute atomic E-state index is 11.2. The first-order valence-corrected chi connectivity index (χ1v) is 5.77. The van der Waals surface area contributed by atoms with Gasteiger partial charge in [-0.3, -0.25) is 9.69 Å². The van der Waals surface area contributed by atoms with Gasteiger partial charge in [-0.2, -0.15) is 0 Å². The number of hydrogen-bond donors (Lipinski definition) is 1. The molecule has 0 aliphatic carbocycles. The number of likely N-dealkylation sites (N-methyl/N-ethyl adjacent to an activating group) is 1. The second-order valence-corrected chi connectivity index (χ2v) is 3.85. The van der Waals surface area contributed by atoms with Crippen molar-refractivity contribution in [2.24, 2.45) is 5.73 Å². The largest absolute Gasteiger partial charge is 0.468 e. The van der Waals surface area contributed by atoms with Crippen LogP contribution in [-0.2, 0) is 22.6 Å². The predicted molar refractivity (Wildman–Crippen MR) is 67.3 cm³/mol. The summed E-state index contributed by atoms with van der Waals surface area (Å²) in [6.07, 6.45) is 0. The average molecular weight is 236 g/mol. The van der Waals surface area contributed by atoms with E-state index in [9.17, 15) is 4.79 Å². The van der Waals surface area contributed by atoms with Crippen LogP contribution in [0.1, 0.15) is 18.1 Å². The number of ether oxygens (including phenoxy) is 1. The number of benzene rings is 1. The molecule has 0 saturated carbocycles. The minimum atomic E-state index is -0.211. The molecule has 0 fully saturated rings. The second kappa shape index (κ2) is 7.04. The lowest BCUT2D eigenvalue weighted by Gasteiger charge is -2.20. The standard InChI is InChI=1S/C13H20N2O2/c1-3-15(10-13(16)17-2)9-12-7-5-4-6-11(12)8-14/h4-7H,3,8-10,14H2,1-2H3. The lowest BCUT2D eigenvalue weighted by molar-refractivity contribution is -0.142. The van der Waals surface area contributed by atoms with Crippen LogP contribution in [0.25, 0.3) is 0 Å². The number of rotatable bonds is 6. The summed E-state index contributed by atoms with van der Waals surface area (Å²) in [6, 6.07) is 8.02. The van der Waals surface area contributed by atoms with Crippen LogP contribution in [0.2, 0.25) is 0 Å². The Bertz CT molecular complexity index is 366. The number of carbonyl (C=O) groups is 1. The van der Waals surface area contributed by atoms with Gasteiger partial charge in [0.15, 0.2) is 0 Å². The normalized spacial score (nSPS) is 10.6. The Balaban J connectivity index is 2.69. The molecule has 0 aromatic heterocycles. The van der Waals surface area contributed by atoms with E-state index in [1.165, 1.54) is 12.7 Å². The molecule has 0 aliphatic heterocycles. The SMILES string of the molecule is CCN(CC(=O)OC)Cc1ccccc1CN. The van der Waals surface area contributed by atoms with E-state index < -0.39 is 0 Å². The Kier molecular flexibility index (Phi) is 5.66. The second-order valence-electron chi connectivity index (χ2n) is 3.85. The fourth-order valence-electron chi connectivity index (χ4n) is 1.68. The maximum atomic E-state index is 11.2. The van der Waals surface area contributed by atoms with Crippen LogP contribution in [0, 0.1) is 0 Å². The molecule has 0 bridgehead atoms. The monoisotopic (exact) mass is 236 g/mol. The van der Waals surface area contributed by atoms with Crippen LogP contribution in [0.3, 0.4) is 0 Å². The van der Waals surface area contributed by atoms with Crippen molar-refractivity contribution < 1.29 is 9.53 Å². The van der Waals surface area contributed by atoms with Crippen molar-refractivity contribution in [1.29, 1.82) is 0 Å².